The van der Waals surface area contributed by atoms with Crippen molar-refractivity contribution in [1.82, 2.24) is 15.1 Å². The van der Waals surface area contributed by atoms with Gasteiger partial charge in [-0.25, -0.2) is 0 Å². The summed E-state index contributed by atoms with van der Waals surface area (Å²) in [5.74, 6) is 0. The first-order valence-corrected chi connectivity index (χ1v) is 8.38. The molecule has 0 spiro atoms. The van der Waals surface area contributed by atoms with Crippen LogP contribution >= 0.6 is 43.5 Å². The number of rotatable bonds is 5. The van der Waals surface area contributed by atoms with Gasteiger partial charge in [0.2, 0.25) is 0 Å². The van der Waals surface area contributed by atoms with E-state index in [4.69, 9.17) is 11.6 Å². The molecule has 6 heteroatoms. The Morgan fingerprint density at radius 1 is 1.35 bits per heavy atom. The van der Waals surface area contributed by atoms with E-state index < -0.39 is 0 Å². The minimum Gasteiger partial charge on any atom is -0.308 e. The zero-order chi connectivity index (χ0) is 14.7. The van der Waals surface area contributed by atoms with Gasteiger partial charge < -0.3 is 5.32 Å². The molecule has 2 aromatic rings. The SMILES string of the molecule is CCCn1ncc(Br)c1C(NC)c1ccc(Br)c(Cl)c1. The maximum Gasteiger partial charge on any atom is 0.0757 e. The highest BCUT2D eigenvalue weighted by Gasteiger charge is 2.20. The summed E-state index contributed by atoms with van der Waals surface area (Å²) < 4.78 is 3.93. The lowest BCUT2D eigenvalue weighted by atomic mass is 10.0. The van der Waals surface area contributed by atoms with Gasteiger partial charge in [0.15, 0.2) is 0 Å². The van der Waals surface area contributed by atoms with E-state index in [1.807, 2.05) is 30.1 Å². The summed E-state index contributed by atoms with van der Waals surface area (Å²) in [7, 11) is 1.94. The van der Waals surface area contributed by atoms with Crippen molar-refractivity contribution in [3.8, 4) is 0 Å². The summed E-state index contributed by atoms with van der Waals surface area (Å²) in [6.07, 6.45) is 2.88. The third-order valence-electron chi connectivity index (χ3n) is 3.11. The Morgan fingerprint density at radius 2 is 2.10 bits per heavy atom. The first-order valence-electron chi connectivity index (χ1n) is 6.41. The summed E-state index contributed by atoms with van der Waals surface area (Å²) in [5, 5.41) is 8.48. The molecule has 0 saturated heterocycles. The third kappa shape index (κ3) is 3.27. The second-order valence-electron chi connectivity index (χ2n) is 4.50. The number of halogens is 3. The summed E-state index contributed by atoms with van der Waals surface area (Å²) in [5.41, 5.74) is 2.23. The number of aromatic nitrogens is 2. The van der Waals surface area contributed by atoms with E-state index in [0.29, 0.717) is 5.02 Å². The van der Waals surface area contributed by atoms with Crippen LogP contribution in [-0.4, -0.2) is 16.8 Å². The Hall–Kier alpha value is -0.360. The van der Waals surface area contributed by atoms with Gasteiger partial charge in [-0.15, -0.1) is 0 Å². The highest BCUT2D eigenvalue weighted by Crippen LogP contribution is 2.32. The van der Waals surface area contributed by atoms with Crippen LogP contribution in [-0.2, 0) is 6.54 Å². The molecule has 1 aromatic heterocycles. The first-order chi connectivity index (χ1) is 9.58. The summed E-state index contributed by atoms with van der Waals surface area (Å²) in [6, 6.07) is 6.05. The van der Waals surface area contributed by atoms with E-state index in [1.165, 1.54) is 0 Å². The second kappa shape index (κ2) is 7.07. The maximum absolute atomic E-state index is 6.21. The summed E-state index contributed by atoms with van der Waals surface area (Å²) in [4.78, 5) is 0. The van der Waals surface area contributed by atoms with Crippen LogP contribution in [0.1, 0.15) is 30.6 Å². The maximum atomic E-state index is 6.21. The molecule has 1 unspecified atom stereocenters. The zero-order valence-corrected chi connectivity index (χ0v) is 15.3. The average Bonchev–Trinajstić information content (AvgIpc) is 2.77. The topological polar surface area (TPSA) is 29.9 Å². The molecule has 1 N–H and O–H groups in total. The van der Waals surface area contributed by atoms with Gasteiger partial charge in [0.25, 0.3) is 0 Å². The van der Waals surface area contributed by atoms with Crippen molar-refractivity contribution in [2.45, 2.75) is 25.9 Å². The summed E-state index contributed by atoms with van der Waals surface area (Å²) in [6.45, 7) is 3.04. The lowest BCUT2D eigenvalue weighted by Gasteiger charge is -2.19. The highest BCUT2D eigenvalue weighted by molar-refractivity contribution is 9.10. The Bertz CT molecular complexity index is 598. The third-order valence-corrected chi connectivity index (χ3v) is 4.95. The number of nitrogens with zero attached hydrogens (tertiary/aromatic N) is 2. The van der Waals surface area contributed by atoms with Gasteiger partial charge in [-0.2, -0.15) is 5.10 Å². The molecule has 1 heterocycles. The van der Waals surface area contributed by atoms with E-state index in [2.05, 4.69) is 55.3 Å². The number of aryl methyl sites for hydroxylation is 1. The molecule has 0 bridgehead atoms. The standard InChI is InChI=1S/C14H16Br2ClN3/c1-3-6-20-14(11(16)8-19-20)13(18-2)9-4-5-10(15)12(17)7-9/h4-5,7-8,13,18H,3,6H2,1-2H3. The van der Waals surface area contributed by atoms with Crippen molar-refractivity contribution < 1.29 is 0 Å². The van der Waals surface area contributed by atoms with Crippen LogP contribution in [0.25, 0.3) is 0 Å². The molecule has 3 nitrogen and oxygen atoms in total. The molecular weight excluding hydrogens is 405 g/mol. The zero-order valence-electron chi connectivity index (χ0n) is 11.3. The van der Waals surface area contributed by atoms with Gasteiger partial charge in [-0.05, 0) is 63.0 Å². The Morgan fingerprint density at radius 3 is 2.70 bits per heavy atom. The van der Waals surface area contributed by atoms with Gasteiger partial charge in [0.05, 0.1) is 27.4 Å². The first kappa shape index (κ1) is 16.0. The normalized spacial score (nSPS) is 12.7. The molecule has 2 rings (SSSR count). The average molecular weight is 422 g/mol. The van der Waals surface area contributed by atoms with Crippen LogP contribution in [0.3, 0.4) is 0 Å². The van der Waals surface area contributed by atoms with Crippen LogP contribution in [0.2, 0.25) is 5.02 Å². The van der Waals surface area contributed by atoms with Crippen LogP contribution in [0, 0.1) is 0 Å². The number of hydrogen-bond donors (Lipinski definition) is 1. The van der Waals surface area contributed by atoms with Gasteiger partial charge in [0, 0.05) is 11.0 Å². The largest absolute Gasteiger partial charge is 0.308 e. The minimum atomic E-state index is 0.0454. The molecule has 1 aromatic carbocycles. The quantitative estimate of drug-likeness (QED) is 0.753. The van der Waals surface area contributed by atoms with E-state index >= 15 is 0 Å². The van der Waals surface area contributed by atoms with Crippen molar-refractivity contribution in [1.29, 1.82) is 0 Å². The fraction of sp³-hybridized carbons (Fsp3) is 0.357. The fourth-order valence-corrected chi connectivity index (χ4v) is 3.16. The Balaban J connectivity index is 2.46. The molecule has 0 aliphatic rings. The monoisotopic (exact) mass is 419 g/mol. The molecule has 1 atom stereocenters. The van der Waals surface area contributed by atoms with Crippen LogP contribution in [0.4, 0.5) is 0 Å². The molecular formula is C14H16Br2ClN3. The summed E-state index contributed by atoms with van der Waals surface area (Å²) >= 11 is 13.2. The molecule has 0 radical (unpaired) electrons. The number of hydrogen-bond acceptors (Lipinski definition) is 2. The van der Waals surface area contributed by atoms with Crippen LogP contribution in [0.15, 0.2) is 33.3 Å². The van der Waals surface area contributed by atoms with Crippen molar-refractivity contribution in [2.24, 2.45) is 0 Å². The minimum absolute atomic E-state index is 0.0454. The second-order valence-corrected chi connectivity index (χ2v) is 6.61. The van der Waals surface area contributed by atoms with Gasteiger partial charge in [-0.3, -0.25) is 4.68 Å². The molecule has 0 amide bonds. The number of nitrogens with one attached hydrogen (secondary N) is 1. The Kier molecular flexibility index (Phi) is 5.66. The Labute approximate surface area is 141 Å². The smallest absolute Gasteiger partial charge is 0.0757 e. The van der Waals surface area contributed by atoms with Gasteiger partial charge in [0.1, 0.15) is 0 Å². The predicted molar refractivity (Wildman–Crippen MR) is 90.3 cm³/mol. The molecule has 0 aliphatic heterocycles. The lowest BCUT2D eigenvalue weighted by Crippen LogP contribution is -2.22. The van der Waals surface area contributed by atoms with Crippen molar-refractivity contribution >= 4 is 43.5 Å². The molecule has 0 aliphatic carbocycles. The van der Waals surface area contributed by atoms with Gasteiger partial charge in [-0.1, -0.05) is 24.6 Å². The number of benzene rings is 1. The van der Waals surface area contributed by atoms with Crippen molar-refractivity contribution in [2.75, 3.05) is 7.05 Å². The van der Waals surface area contributed by atoms with E-state index in [-0.39, 0.29) is 6.04 Å². The van der Waals surface area contributed by atoms with E-state index in [9.17, 15) is 0 Å². The lowest BCUT2D eigenvalue weighted by molar-refractivity contribution is 0.533. The molecule has 20 heavy (non-hydrogen) atoms. The van der Waals surface area contributed by atoms with Crippen LogP contribution < -0.4 is 5.32 Å². The molecule has 108 valence electrons. The molecule has 0 saturated carbocycles. The van der Waals surface area contributed by atoms with E-state index in [0.717, 1.165) is 33.2 Å². The molecule has 0 fully saturated rings. The predicted octanol–water partition coefficient (Wildman–Crippen LogP) is 4.78. The van der Waals surface area contributed by atoms with E-state index in [1.54, 1.807) is 0 Å². The van der Waals surface area contributed by atoms with Crippen LogP contribution in [0.5, 0.6) is 0 Å². The highest BCUT2D eigenvalue weighted by atomic mass is 79.9. The van der Waals surface area contributed by atoms with Crippen molar-refractivity contribution in [3.63, 3.8) is 0 Å². The fourth-order valence-electron chi connectivity index (χ4n) is 2.20. The van der Waals surface area contributed by atoms with Gasteiger partial charge >= 0.3 is 0 Å². The van der Waals surface area contributed by atoms with Crippen molar-refractivity contribution in [3.05, 3.63) is 49.6 Å².